The highest BCUT2D eigenvalue weighted by molar-refractivity contribution is 5.71. The van der Waals surface area contributed by atoms with E-state index < -0.39 is 24.3 Å². The van der Waals surface area contributed by atoms with E-state index >= 15 is 0 Å². The number of esters is 2. The Bertz CT molecular complexity index is 1630. The Morgan fingerprint density at radius 1 is 0.435 bits per heavy atom. The molecule has 0 aliphatic carbocycles. The number of carbonyl (C=O) groups is 3. The second kappa shape index (κ2) is 49.6. The minimum Gasteiger partial charge on any atom is -0.477 e. The van der Waals surface area contributed by atoms with E-state index in [2.05, 4.69) is 154 Å². The molecule has 0 heterocycles. The van der Waals surface area contributed by atoms with E-state index in [9.17, 15) is 19.5 Å². The van der Waals surface area contributed by atoms with Gasteiger partial charge in [0.1, 0.15) is 13.2 Å². The molecule has 0 saturated carbocycles. The largest absolute Gasteiger partial charge is 0.477 e. The molecule has 0 bridgehead atoms. The molecule has 0 aromatic heterocycles. The van der Waals surface area contributed by atoms with Gasteiger partial charge in [-0.3, -0.25) is 9.59 Å². The van der Waals surface area contributed by atoms with Gasteiger partial charge in [0.2, 0.25) is 0 Å². The number of hydrogen-bond donors (Lipinski definition) is 1. The number of rotatable bonds is 45. The fourth-order valence-corrected chi connectivity index (χ4v) is 6.14. The van der Waals surface area contributed by atoms with Crippen LogP contribution in [0.5, 0.6) is 0 Å². The van der Waals surface area contributed by atoms with Crippen molar-refractivity contribution in [3.63, 3.8) is 0 Å². The number of unbranched alkanes of at least 4 members (excludes halogenated alkanes) is 6. The highest BCUT2D eigenvalue weighted by Gasteiger charge is 2.25. The molecule has 386 valence electrons. The Balaban J connectivity index is 4.53. The molecule has 0 aromatic rings. The van der Waals surface area contributed by atoms with Gasteiger partial charge in [-0.1, -0.05) is 179 Å². The standard InChI is InChI=1S/C60H93NO8/c1-6-8-10-12-14-16-18-20-22-24-26-28-29-31-33-35-37-39-41-43-45-47-49-51-58(63)69-56(55-68-60(59(64)65)66-53-52-61(3,4)5)54-67-57(62)50-48-46-44-42-40-38-36-34-32-30-27-25-23-21-19-17-15-13-11-9-7-2/h8-11,14-17,20-23,26-28,30-31,33-34,36-37,39,43,45,56,60H,6-7,12-13,18-19,24-25,29,32,35,38,40-42,44,46-55H2,1-5H3/p+1/b10-8-,11-9-,16-14-,17-15-,22-20-,23-21-,28-26-,30-27-,33-31-,36-34-,39-37-,45-43-. The van der Waals surface area contributed by atoms with E-state index in [4.69, 9.17) is 18.9 Å². The lowest BCUT2D eigenvalue weighted by atomic mass is 10.1. The first kappa shape index (κ1) is 64.2. The normalized spacial score (nSPS) is 14.0. The molecule has 0 aliphatic rings. The summed E-state index contributed by atoms with van der Waals surface area (Å²) in [6.45, 7) is 4.52. The zero-order valence-electron chi connectivity index (χ0n) is 43.6. The third-order valence-corrected chi connectivity index (χ3v) is 10.1. The number of aliphatic carboxylic acids is 1. The molecule has 0 spiro atoms. The van der Waals surface area contributed by atoms with Crippen molar-refractivity contribution in [2.75, 3.05) is 47.5 Å². The summed E-state index contributed by atoms with van der Waals surface area (Å²) in [7, 11) is 5.92. The van der Waals surface area contributed by atoms with Crippen LogP contribution in [-0.2, 0) is 33.3 Å². The number of quaternary nitrogens is 1. The SMILES string of the molecule is CC/C=C\C/C=C\C/C=C\C/C=C\C/C=C\C/C=C\C/C=C\CCCC(=O)OC(COC(=O)CCCCCCC/C=C\C/C=C\C/C=C\C/C=C\C/C=C\CC)COC(OCC[N+](C)(C)C)C(=O)O. The summed E-state index contributed by atoms with van der Waals surface area (Å²) in [5.74, 6) is -2.14. The minimum atomic E-state index is -1.54. The van der Waals surface area contributed by atoms with Gasteiger partial charge in [0, 0.05) is 12.8 Å². The van der Waals surface area contributed by atoms with E-state index in [1.165, 1.54) is 0 Å². The van der Waals surface area contributed by atoms with Crippen LogP contribution < -0.4 is 0 Å². The number of likely N-dealkylation sites (N-methyl/N-ethyl adjacent to an activating group) is 1. The summed E-state index contributed by atoms with van der Waals surface area (Å²) in [6, 6.07) is 0. The predicted molar refractivity (Wildman–Crippen MR) is 290 cm³/mol. The van der Waals surface area contributed by atoms with Crippen molar-refractivity contribution in [2.24, 2.45) is 0 Å². The maximum atomic E-state index is 12.8. The summed E-state index contributed by atoms with van der Waals surface area (Å²) in [6.07, 6.45) is 69.2. The Morgan fingerprint density at radius 2 is 0.797 bits per heavy atom. The van der Waals surface area contributed by atoms with Gasteiger partial charge >= 0.3 is 17.9 Å². The Hall–Kier alpha value is -4.83. The first-order chi connectivity index (χ1) is 33.6. The molecule has 2 atom stereocenters. The van der Waals surface area contributed by atoms with Gasteiger partial charge in [0.15, 0.2) is 6.10 Å². The smallest absolute Gasteiger partial charge is 0.361 e. The molecule has 0 amide bonds. The van der Waals surface area contributed by atoms with Crippen molar-refractivity contribution in [3.05, 3.63) is 146 Å². The zero-order chi connectivity index (χ0) is 50.6. The summed E-state index contributed by atoms with van der Waals surface area (Å²) in [4.78, 5) is 37.3. The molecule has 9 heteroatoms. The number of ether oxygens (including phenoxy) is 4. The summed E-state index contributed by atoms with van der Waals surface area (Å²) >= 11 is 0. The topological polar surface area (TPSA) is 108 Å². The Kier molecular flexibility index (Phi) is 46.1. The molecule has 0 aromatic carbocycles. The zero-order valence-corrected chi connectivity index (χ0v) is 43.6. The van der Waals surface area contributed by atoms with Crippen molar-refractivity contribution in [2.45, 2.75) is 167 Å². The molecule has 0 saturated heterocycles. The maximum absolute atomic E-state index is 12.8. The Morgan fingerprint density at radius 3 is 1.20 bits per heavy atom. The van der Waals surface area contributed by atoms with Crippen LogP contribution in [0.4, 0.5) is 0 Å². The molecule has 0 rings (SSSR count). The number of carboxylic acids is 1. The van der Waals surface area contributed by atoms with Gasteiger partial charge in [-0.15, -0.1) is 0 Å². The lowest BCUT2D eigenvalue weighted by Crippen LogP contribution is -2.40. The van der Waals surface area contributed by atoms with Crippen LogP contribution >= 0.6 is 0 Å². The van der Waals surface area contributed by atoms with E-state index in [1.807, 2.05) is 27.2 Å². The summed E-state index contributed by atoms with van der Waals surface area (Å²) in [5.41, 5.74) is 0. The van der Waals surface area contributed by atoms with Crippen LogP contribution in [0.1, 0.15) is 155 Å². The van der Waals surface area contributed by atoms with E-state index in [0.717, 1.165) is 109 Å². The summed E-state index contributed by atoms with van der Waals surface area (Å²) < 4.78 is 22.7. The van der Waals surface area contributed by atoms with Crippen molar-refractivity contribution in [1.29, 1.82) is 0 Å². The molecule has 0 aliphatic heterocycles. The first-order valence-electron chi connectivity index (χ1n) is 26.0. The molecule has 69 heavy (non-hydrogen) atoms. The molecular weight excluding hydrogens is 863 g/mol. The third kappa shape index (κ3) is 50.9. The molecule has 9 nitrogen and oxygen atoms in total. The van der Waals surface area contributed by atoms with Gasteiger partial charge in [-0.25, -0.2) is 4.79 Å². The average Bonchev–Trinajstić information content (AvgIpc) is 3.31. The van der Waals surface area contributed by atoms with Gasteiger partial charge in [-0.2, -0.15) is 0 Å². The van der Waals surface area contributed by atoms with Gasteiger partial charge < -0.3 is 28.5 Å². The van der Waals surface area contributed by atoms with Crippen molar-refractivity contribution >= 4 is 17.9 Å². The van der Waals surface area contributed by atoms with E-state index in [0.29, 0.717) is 30.3 Å². The van der Waals surface area contributed by atoms with E-state index in [1.54, 1.807) is 0 Å². The van der Waals surface area contributed by atoms with Gasteiger partial charge in [-0.05, 0) is 109 Å². The first-order valence-corrected chi connectivity index (χ1v) is 26.0. The number of carboxylic acid groups (broad SMARTS) is 1. The highest BCUT2D eigenvalue weighted by atomic mass is 16.7. The quantitative estimate of drug-likeness (QED) is 0.0211. The molecule has 0 fully saturated rings. The van der Waals surface area contributed by atoms with Crippen LogP contribution in [0.2, 0.25) is 0 Å². The monoisotopic (exact) mass is 957 g/mol. The minimum absolute atomic E-state index is 0.164. The number of allylic oxidation sites excluding steroid dienone is 24. The Labute approximate surface area is 420 Å². The fraction of sp³-hybridized carbons (Fsp3) is 0.550. The molecule has 1 N–H and O–H groups in total. The summed E-state index contributed by atoms with van der Waals surface area (Å²) in [5, 5.41) is 9.68. The fourth-order valence-electron chi connectivity index (χ4n) is 6.14. The van der Waals surface area contributed by atoms with Crippen molar-refractivity contribution in [1.82, 2.24) is 0 Å². The third-order valence-electron chi connectivity index (χ3n) is 10.1. The highest BCUT2D eigenvalue weighted by Crippen LogP contribution is 2.11. The van der Waals surface area contributed by atoms with Crippen LogP contribution in [0.3, 0.4) is 0 Å². The maximum Gasteiger partial charge on any atom is 0.361 e. The van der Waals surface area contributed by atoms with E-state index in [-0.39, 0.29) is 38.6 Å². The average molecular weight is 957 g/mol. The van der Waals surface area contributed by atoms with Crippen LogP contribution in [0, 0.1) is 0 Å². The van der Waals surface area contributed by atoms with Crippen LogP contribution in [0.15, 0.2) is 146 Å². The number of hydrogen-bond acceptors (Lipinski definition) is 7. The second-order valence-corrected chi connectivity index (χ2v) is 17.7. The van der Waals surface area contributed by atoms with Crippen LogP contribution in [0.25, 0.3) is 0 Å². The molecule has 2 unspecified atom stereocenters. The van der Waals surface area contributed by atoms with Crippen molar-refractivity contribution < 1.29 is 42.9 Å². The molecular formula is C60H94NO8+. The van der Waals surface area contributed by atoms with Gasteiger partial charge in [0.05, 0.1) is 34.4 Å². The number of nitrogens with zero attached hydrogens (tertiary/aromatic N) is 1. The van der Waals surface area contributed by atoms with Crippen LogP contribution in [-0.4, -0.2) is 87.4 Å². The number of carbonyl (C=O) groups excluding carboxylic acids is 2. The second-order valence-electron chi connectivity index (χ2n) is 17.7. The molecule has 0 radical (unpaired) electrons. The lowest BCUT2D eigenvalue weighted by molar-refractivity contribution is -0.870. The van der Waals surface area contributed by atoms with Crippen molar-refractivity contribution in [3.8, 4) is 0 Å². The van der Waals surface area contributed by atoms with Gasteiger partial charge in [0.25, 0.3) is 6.29 Å². The predicted octanol–water partition coefficient (Wildman–Crippen LogP) is 14.9. The lowest BCUT2D eigenvalue weighted by Gasteiger charge is -2.25.